The van der Waals surface area contributed by atoms with Crippen LogP contribution in [0.5, 0.6) is 0 Å². The average Bonchev–Trinajstić information content (AvgIpc) is 2.57. The van der Waals surface area contributed by atoms with Crippen LogP contribution in [0.1, 0.15) is 55.7 Å². The number of hydrogen-bond donors (Lipinski definition) is 2. The molecule has 1 aromatic heterocycles. The summed E-state index contributed by atoms with van der Waals surface area (Å²) in [6, 6.07) is 6.30. The molecule has 0 aliphatic heterocycles. The molecule has 0 unspecified atom stereocenters. The van der Waals surface area contributed by atoms with Crippen LogP contribution in [0, 0.1) is 20.8 Å². The van der Waals surface area contributed by atoms with Gasteiger partial charge in [-0.05, 0) is 56.0 Å². The first-order chi connectivity index (χ1) is 12.4. The Hall–Kier alpha value is -2.01. The van der Waals surface area contributed by atoms with Gasteiger partial charge in [-0.25, -0.2) is 0 Å². The van der Waals surface area contributed by atoms with Gasteiger partial charge >= 0.3 is 0 Å². The fourth-order valence-electron chi connectivity index (χ4n) is 2.88. The average molecular weight is 373 g/mol. The number of aryl methyl sites for hydroxylation is 3. The quantitative estimate of drug-likeness (QED) is 0.613. The smallest absolute Gasteiger partial charge is 0.272 e. The molecule has 0 saturated carbocycles. The first-order valence-corrected chi connectivity index (χ1v) is 10.0. The minimum Gasteiger partial charge on any atom is -0.327 e. The van der Waals surface area contributed by atoms with Crippen LogP contribution in [0.3, 0.4) is 0 Å². The number of hydrogen-bond acceptors (Lipinski definition) is 3. The first kappa shape index (κ1) is 20.3. The molecule has 0 fully saturated rings. The first-order valence-electron chi connectivity index (χ1n) is 9.19. The lowest BCUT2D eigenvalue weighted by Crippen LogP contribution is -2.21. The highest BCUT2D eigenvalue weighted by Crippen LogP contribution is 2.35. The van der Waals surface area contributed by atoms with Crippen molar-refractivity contribution in [1.29, 1.82) is 0 Å². The highest BCUT2D eigenvalue weighted by molar-refractivity contribution is 7.99. The van der Waals surface area contributed by atoms with Crippen LogP contribution in [0.15, 0.2) is 39.0 Å². The normalized spacial score (nSPS) is 10.8. The SMILES string of the molecule is CCCCCCC(=O)Nc1c(Sc2cc(C)cc(C)c2)c(C)c[nH]c1=O. The van der Waals surface area contributed by atoms with Crippen molar-refractivity contribution in [1.82, 2.24) is 4.98 Å². The third-order valence-corrected chi connectivity index (χ3v) is 5.37. The number of rotatable bonds is 8. The summed E-state index contributed by atoms with van der Waals surface area (Å²) in [7, 11) is 0. The maximum atomic E-state index is 12.3. The molecule has 4 nitrogen and oxygen atoms in total. The fraction of sp³-hybridized carbons (Fsp3) is 0.429. The number of amides is 1. The summed E-state index contributed by atoms with van der Waals surface area (Å²) < 4.78 is 0. The molecule has 2 aromatic rings. The number of carbonyl (C=O) groups is 1. The molecule has 0 aliphatic carbocycles. The second-order valence-electron chi connectivity index (χ2n) is 6.79. The van der Waals surface area contributed by atoms with Gasteiger partial charge in [-0.2, -0.15) is 0 Å². The fourth-order valence-corrected chi connectivity index (χ4v) is 4.07. The largest absolute Gasteiger partial charge is 0.327 e. The van der Waals surface area contributed by atoms with Crippen LogP contribution in [-0.2, 0) is 4.79 Å². The molecule has 26 heavy (non-hydrogen) atoms. The zero-order valence-corrected chi connectivity index (χ0v) is 16.9. The molecule has 0 saturated heterocycles. The topological polar surface area (TPSA) is 62.0 Å². The van der Waals surface area contributed by atoms with Crippen molar-refractivity contribution < 1.29 is 4.79 Å². The number of aromatic amines is 1. The number of H-pyrrole nitrogens is 1. The van der Waals surface area contributed by atoms with Crippen LogP contribution < -0.4 is 10.9 Å². The Kier molecular flexibility index (Phi) is 7.51. The Balaban J connectivity index is 2.22. The van der Waals surface area contributed by atoms with E-state index in [0.717, 1.165) is 41.0 Å². The molecule has 2 rings (SSSR count). The standard InChI is InChI=1S/C21H28N2O2S/c1-5-6-7-8-9-18(24)23-19-20(16(4)13-22-21(19)25)26-17-11-14(2)10-15(3)12-17/h10-13H,5-9H2,1-4H3,(H,22,25)(H,23,24). The van der Waals surface area contributed by atoms with E-state index >= 15 is 0 Å². The number of nitrogens with one attached hydrogen (secondary N) is 2. The highest BCUT2D eigenvalue weighted by atomic mass is 32.2. The molecule has 5 heteroatoms. The van der Waals surface area contributed by atoms with Crippen molar-refractivity contribution in [2.75, 3.05) is 5.32 Å². The van der Waals surface area contributed by atoms with Gasteiger partial charge in [0.05, 0.1) is 0 Å². The van der Waals surface area contributed by atoms with Crippen molar-refractivity contribution in [2.24, 2.45) is 0 Å². The van der Waals surface area contributed by atoms with E-state index in [9.17, 15) is 9.59 Å². The van der Waals surface area contributed by atoms with E-state index in [1.54, 1.807) is 6.20 Å². The predicted octanol–water partition coefficient (Wildman–Crippen LogP) is 5.36. The van der Waals surface area contributed by atoms with Gasteiger partial charge in [-0.1, -0.05) is 44.0 Å². The number of unbranched alkanes of at least 4 members (excludes halogenated alkanes) is 3. The van der Waals surface area contributed by atoms with Gasteiger partial charge in [-0.3, -0.25) is 9.59 Å². The minimum absolute atomic E-state index is 0.0977. The number of pyridine rings is 1. The zero-order valence-electron chi connectivity index (χ0n) is 16.1. The van der Waals surface area contributed by atoms with Crippen LogP contribution in [-0.4, -0.2) is 10.9 Å². The molecule has 2 N–H and O–H groups in total. The lowest BCUT2D eigenvalue weighted by molar-refractivity contribution is -0.116. The summed E-state index contributed by atoms with van der Waals surface area (Å²) in [5.41, 5.74) is 3.39. The van der Waals surface area contributed by atoms with Crippen LogP contribution in [0.2, 0.25) is 0 Å². The van der Waals surface area contributed by atoms with E-state index in [-0.39, 0.29) is 11.5 Å². The maximum absolute atomic E-state index is 12.3. The number of benzene rings is 1. The van der Waals surface area contributed by atoms with Gasteiger partial charge in [0, 0.05) is 22.4 Å². The van der Waals surface area contributed by atoms with Crippen LogP contribution >= 0.6 is 11.8 Å². The molecule has 0 radical (unpaired) electrons. The van der Waals surface area contributed by atoms with Gasteiger partial charge < -0.3 is 10.3 Å². The van der Waals surface area contributed by atoms with E-state index < -0.39 is 0 Å². The second-order valence-corrected chi connectivity index (χ2v) is 7.87. The van der Waals surface area contributed by atoms with E-state index in [1.807, 2.05) is 6.92 Å². The Morgan fingerprint density at radius 2 is 1.77 bits per heavy atom. The third kappa shape index (κ3) is 5.77. The number of anilines is 1. The van der Waals surface area contributed by atoms with Crippen molar-refractivity contribution in [3.8, 4) is 0 Å². The number of carbonyl (C=O) groups excluding carboxylic acids is 1. The number of aromatic nitrogens is 1. The second kappa shape index (κ2) is 9.62. The van der Waals surface area contributed by atoms with Crippen molar-refractivity contribution in [3.05, 3.63) is 51.4 Å². The summed E-state index contributed by atoms with van der Waals surface area (Å²) in [6.45, 7) is 8.20. The van der Waals surface area contributed by atoms with Crippen LogP contribution in [0.4, 0.5) is 5.69 Å². The van der Waals surface area contributed by atoms with E-state index in [2.05, 4.69) is 49.3 Å². The molecule has 0 spiro atoms. The summed E-state index contributed by atoms with van der Waals surface area (Å²) >= 11 is 1.52. The summed E-state index contributed by atoms with van der Waals surface area (Å²) in [4.78, 5) is 29.2. The molecule has 140 valence electrons. The molecule has 0 aliphatic rings. The molecule has 1 amide bonds. The Bertz CT molecular complexity index is 807. The van der Waals surface area contributed by atoms with Crippen molar-refractivity contribution in [3.63, 3.8) is 0 Å². The van der Waals surface area contributed by atoms with E-state index in [0.29, 0.717) is 12.1 Å². The van der Waals surface area contributed by atoms with E-state index in [1.165, 1.54) is 22.9 Å². The Labute approximate surface area is 159 Å². The van der Waals surface area contributed by atoms with Crippen LogP contribution in [0.25, 0.3) is 0 Å². The van der Waals surface area contributed by atoms with E-state index in [4.69, 9.17) is 0 Å². The lowest BCUT2D eigenvalue weighted by atomic mass is 10.1. The third-order valence-electron chi connectivity index (χ3n) is 4.17. The molecule has 0 bridgehead atoms. The summed E-state index contributed by atoms with van der Waals surface area (Å²) in [5.74, 6) is -0.0977. The van der Waals surface area contributed by atoms with Gasteiger partial charge in [0.2, 0.25) is 5.91 Å². The van der Waals surface area contributed by atoms with Gasteiger partial charge in [0.1, 0.15) is 5.69 Å². The van der Waals surface area contributed by atoms with Gasteiger partial charge in [-0.15, -0.1) is 0 Å². The zero-order chi connectivity index (χ0) is 19.1. The molecule has 0 atom stereocenters. The predicted molar refractivity (Wildman–Crippen MR) is 109 cm³/mol. The highest BCUT2D eigenvalue weighted by Gasteiger charge is 2.15. The molecular formula is C21H28N2O2S. The summed E-state index contributed by atoms with van der Waals surface area (Å²) in [6.07, 6.45) is 6.30. The lowest BCUT2D eigenvalue weighted by Gasteiger charge is -2.13. The maximum Gasteiger partial charge on any atom is 0.272 e. The van der Waals surface area contributed by atoms with Crippen molar-refractivity contribution >= 4 is 23.4 Å². The van der Waals surface area contributed by atoms with Gasteiger partial charge in [0.25, 0.3) is 5.56 Å². The molecule has 1 aromatic carbocycles. The van der Waals surface area contributed by atoms with Crippen molar-refractivity contribution in [2.45, 2.75) is 69.6 Å². The molecular weight excluding hydrogens is 344 g/mol. The summed E-state index contributed by atoms with van der Waals surface area (Å²) in [5, 5.41) is 2.84. The van der Waals surface area contributed by atoms with Gasteiger partial charge in [0.15, 0.2) is 0 Å². The Morgan fingerprint density at radius 3 is 2.42 bits per heavy atom. The minimum atomic E-state index is -0.260. The monoisotopic (exact) mass is 372 g/mol. The Morgan fingerprint density at radius 1 is 1.08 bits per heavy atom. The molecule has 1 heterocycles.